The maximum atomic E-state index is 12.0. The number of fused-ring (bicyclic) bond motifs is 1. The molecule has 0 fully saturated rings. The first kappa shape index (κ1) is 13.5. The minimum atomic E-state index is -0.260. The average molecular weight is 284 g/mol. The van der Waals surface area contributed by atoms with Crippen molar-refractivity contribution in [1.82, 2.24) is 15.1 Å². The van der Waals surface area contributed by atoms with Crippen LogP contribution in [0.4, 0.5) is 5.69 Å². The fourth-order valence-corrected chi connectivity index (χ4v) is 2.33. The highest BCUT2D eigenvalue weighted by atomic mass is 16.2. The average Bonchev–Trinajstić information content (AvgIpc) is 2.49. The summed E-state index contributed by atoms with van der Waals surface area (Å²) >= 11 is 0. The Hall–Kier alpha value is -2.47. The number of nitrogens with one attached hydrogen (secondary N) is 2. The standard InChI is InChI=1S/C15H16N4O2/c20-14(17-12-4-2-1-3-5-12)10-19-15(21)8-11-9-16-7-6-13(11)18-19/h1-5,8,16H,6-7,9-10H2,(H,17,20). The van der Waals surface area contributed by atoms with Crippen LogP contribution in [0.3, 0.4) is 0 Å². The van der Waals surface area contributed by atoms with Gasteiger partial charge in [-0.3, -0.25) is 9.59 Å². The second-order valence-electron chi connectivity index (χ2n) is 4.95. The number of nitrogens with zero attached hydrogens (tertiary/aromatic N) is 2. The zero-order valence-electron chi connectivity index (χ0n) is 11.5. The van der Waals surface area contributed by atoms with Gasteiger partial charge in [-0.05, 0) is 17.7 Å². The first-order chi connectivity index (χ1) is 10.2. The zero-order chi connectivity index (χ0) is 14.7. The van der Waals surface area contributed by atoms with Crippen molar-refractivity contribution in [2.45, 2.75) is 19.5 Å². The van der Waals surface area contributed by atoms with Crippen LogP contribution in [-0.4, -0.2) is 22.2 Å². The number of benzene rings is 1. The number of carbonyl (C=O) groups excluding carboxylic acids is 1. The summed E-state index contributed by atoms with van der Waals surface area (Å²) in [6.07, 6.45) is 0.774. The van der Waals surface area contributed by atoms with Gasteiger partial charge in [0, 0.05) is 31.3 Å². The number of anilines is 1. The molecule has 0 saturated carbocycles. The normalized spacial score (nSPS) is 13.5. The van der Waals surface area contributed by atoms with Crippen molar-refractivity contribution in [1.29, 1.82) is 0 Å². The fraction of sp³-hybridized carbons (Fsp3) is 0.267. The number of aromatic nitrogens is 2. The van der Waals surface area contributed by atoms with Crippen molar-refractivity contribution in [2.24, 2.45) is 0 Å². The molecule has 6 nitrogen and oxygen atoms in total. The van der Waals surface area contributed by atoms with E-state index in [1.54, 1.807) is 18.2 Å². The monoisotopic (exact) mass is 284 g/mol. The van der Waals surface area contributed by atoms with Crippen LogP contribution < -0.4 is 16.2 Å². The zero-order valence-corrected chi connectivity index (χ0v) is 11.5. The van der Waals surface area contributed by atoms with E-state index in [1.165, 1.54) is 4.68 Å². The van der Waals surface area contributed by atoms with E-state index in [4.69, 9.17) is 0 Å². The summed E-state index contributed by atoms with van der Waals surface area (Å²) in [5.74, 6) is -0.260. The Morgan fingerprint density at radius 2 is 2.14 bits per heavy atom. The highest BCUT2D eigenvalue weighted by Crippen LogP contribution is 2.08. The summed E-state index contributed by atoms with van der Waals surface area (Å²) in [6, 6.07) is 10.7. The molecule has 0 aliphatic carbocycles. The molecule has 3 rings (SSSR count). The van der Waals surface area contributed by atoms with Gasteiger partial charge in [-0.1, -0.05) is 18.2 Å². The van der Waals surface area contributed by atoms with Gasteiger partial charge in [-0.25, -0.2) is 4.68 Å². The van der Waals surface area contributed by atoms with Gasteiger partial charge in [-0.2, -0.15) is 5.10 Å². The van der Waals surface area contributed by atoms with Crippen LogP contribution in [0.25, 0.3) is 0 Å². The van der Waals surface area contributed by atoms with Crippen LogP contribution in [0.15, 0.2) is 41.2 Å². The number of rotatable bonds is 3. The Labute approximate surface area is 121 Å². The van der Waals surface area contributed by atoms with E-state index in [0.29, 0.717) is 12.2 Å². The molecule has 21 heavy (non-hydrogen) atoms. The molecule has 0 spiro atoms. The van der Waals surface area contributed by atoms with E-state index in [9.17, 15) is 9.59 Å². The Balaban J connectivity index is 1.75. The number of carbonyl (C=O) groups is 1. The molecular weight excluding hydrogens is 268 g/mol. The predicted molar refractivity (Wildman–Crippen MR) is 79.0 cm³/mol. The van der Waals surface area contributed by atoms with Crippen LogP contribution in [0.1, 0.15) is 11.3 Å². The van der Waals surface area contributed by atoms with Crippen LogP contribution in [0.5, 0.6) is 0 Å². The lowest BCUT2D eigenvalue weighted by Crippen LogP contribution is -2.34. The summed E-state index contributed by atoms with van der Waals surface area (Å²) in [5.41, 5.74) is 2.27. The van der Waals surface area contributed by atoms with E-state index in [1.807, 2.05) is 18.2 Å². The SMILES string of the molecule is O=C(Cn1nc2c(cc1=O)CNCC2)Nc1ccccc1. The summed E-state index contributed by atoms with van der Waals surface area (Å²) in [5, 5.41) is 10.2. The lowest BCUT2D eigenvalue weighted by molar-refractivity contribution is -0.117. The minimum Gasteiger partial charge on any atom is -0.324 e. The van der Waals surface area contributed by atoms with Gasteiger partial charge in [0.15, 0.2) is 0 Å². The Kier molecular flexibility index (Phi) is 3.79. The van der Waals surface area contributed by atoms with E-state index in [0.717, 1.165) is 24.2 Å². The molecule has 2 heterocycles. The second kappa shape index (κ2) is 5.88. The van der Waals surface area contributed by atoms with Gasteiger partial charge < -0.3 is 10.6 Å². The smallest absolute Gasteiger partial charge is 0.267 e. The number of para-hydroxylation sites is 1. The van der Waals surface area contributed by atoms with Gasteiger partial charge in [0.25, 0.3) is 5.56 Å². The summed E-state index contributed by atoms with van der Waals surface area (Å²) in [6.45, 7) is 1.43. The maximum Gasteiger partial charge on any atom is 0.267 e. The molecule has 0 saturated heterocycles. The third-order valence-corrected chi connectivity index (χ3v) is 3.37. The molecular formula is C15H16N4O2. The van der Waals surface area contributed by atoms with Crippen LogP contribution in [-0.2, 0) is 24.3 Å². The molecule has 1 aliphatic heterocycles. The molecule has 1 amide bonds. The minimum absolute atomic E-state index is 0.0750. The lowest BCUT2D eigenvalue weighted by atomic mass is 10.1. The summed E-state index contributed by atoms with van der Waals surface area (Å²) in [7, 11) is 0. The lowest BCUT2D eigenvalue weighted by Gasteiger charge is -2.16. The largest absolute Gasteiger partial charge is 0.324 e. The number of hydrogen-bond acceptors (Lipinski definition) is 4. The van der Waals surface area contributed by atoms with Gasteiger partial charge >= 0.3 is 0 Å². The molecule has 1 aromatic carbocycles. The molecule has 108 valence electrons. The molecule has 1 aliphatic rings. The molecule has 1 aromatic heterocycles. The van der Waals surface area contributed by atoms with E-state index in [2.05, 4.69) is 15.7 Å². The number of hydrogen-bond donors (Lipinski definition) is 2. The van der Waals surface area contributed by atoms with E-state index >= 15 is 0 Å². The second-order valence-corrected chi connectivity index (χ2v) is 4.95. The molecule has 6 heteroatoms. The predicted octanol–water partition coefficient (Wildman–Crippen LogP) is 0.528. The molecule has 0 unspecified atom stereocenters. The highest BCUT2D eigenvalue weighted by molar-refractivity contribution is 5.90. The van der Waals surface area contributed by atoms with E-state index < -0.39 is 0 Å². The molecule has 2 N–H and O–H groups in total. The summed E-state index contributed by atoms with van der Waals surface area (Å²) < 4.78 is 1.22. The third-order valence-electron chi connectivity index (χ3n) is 3.37. The van der Waals surface area contributed by atoms with Gasteiger partial charge in [0.05, 0.1) is 5.69 Å². The Morgan fingerprint density at radius 1 is 1.33 bits per heavy atom. The Bertz CT molecular complexity index is 709. The van der Waals surface area contributed by atoms with Crippen LogP contribution in [0.2, 0.25) is 0 Å². The fourth-order valence-electron chi connectivity index (χ4n) is 2.33. The van der Waals surface area contributed by atoms with Gasteiger partial charge in [-0.15, -0.1) is 0 Å². The molecule has 0 bridgehead atoms. The molecule has 0 radical (unpaired) electrons. The van der Waals surface area contributed by atoms with Crippen molar-refractivity contribution < 1.29 is 4.79 Å². The van der Waals surface area contributed by atoms with Crippen LogP contribution in [0, 0.1) is 0 Å². The first-order valence-electron chi connectivity index (χ1n) is 6.88. The molecule has 0 atom stereocenters. The number of amides is 1. The van der Waals surface area contributed by atoms with Crippen molar-refractivity contribution >= 4 is 11.6 Å². The highest BCUT2D eigenvalue weighted by Gasteiger charge is 2.14. The summed E-state index contributed by atoms with van der Waals surface area (Å²) in [4.78, 5) is 24.0. The van der Waals surface area contributed by atoms with Gasteiger partial charge in [0.2, 0.25) is 5.91 Å². The third kappa shape index (κ3) is 3.17. The topological polar surface area (TPSA) is 76.0 Å². The van der Waals surface area contributed by atoms with Gasteiger partial charge in [0.1, 0.15) is 6.54 Å². The van der Waals surface area contributed by atoms with E-state index in [-0.39, 0.29) is 18.0 Å². The van der Waals surface area contributed by atoms with Crippen molar-refractivity contribution in [3.8, 4) is 0 Å². The maximum absolute atomic E-state index is 12.0. The quantitative estimate of drug-likeness (QED) is 0.862. The van der Waals surface area contributed by atoms with Crippen LogP contribution >= 0.6 is 0 Å². The van der Waals surface area contributed by atoms with Crippen molar-refractivity contribution in [3.63, 3.8) is 0 Å². The van der Waals surface area contributed by atoms with Crippen molar-refractivity contribution in [2.75, 3.05) is 11.9 Å². The van der Waals surface area contributed by atoms with Crippen molar-refractivity contribution in [3.05, 3.63) is 58.0 Å². The molecule has 2 aromatic rings. The first-order valence-corrected chi connectivity index (χ1v) is 6.88. The Morgan fingerprint density at radius 3 is 2.95 bits per heavy atom.